The molecule has 0 bridgehead atoms. The van der Waals surface area contributed by atoms with Gasteiger partial charge in [0.05, 0.1) is 11.4 Å². The summed E-state index contributed by atoms with van der Waals surface area (Å²) >= 11 is 0. The minimum absolute atomic E-state index is 0. The van der Waals surface area contributed by atoms with Crippen LogP contribution in [-0.2, 0) is 11.5 Å². The van der Waals surface area contributed by atoms with E-state index in [2.05, 4.69) is 0 Å². The summed E-state index contributed by atoms with van der Waals surface area (Å²) in [4.78, 5) is 9.51. The van der Waals surface area contributed by atoms with Crippen molar-refractivity contribution in [3.63, 3.8) is 0 Å². The predicted molar refractivity (Wildman–Crippen MR) is 55.2 cm³/mol. The molecule has 74 valence electrons. The maximum Gasteiger partial charge on any atom is 0.173 e. The summed E-state index contributed by atoms with van der Waals surface area (Å²) in [7, 11) is 0. The molecule has 1 aromatic carbocycles. The van der Waals surface area contributed by atoms with E-state index in [1.54, 1.807) is 12.1 Å². The summed E-state index contributed by atoms with van der Waals surface area (Å²) in [6.45, 7) is 0.444. The van der Waals surface area contributed by atoms with Crippen LogP contribution in [0.25, 0.3) is 0 Å². The molecule has 0 saturated carbocycles. The number of nitrogen functional groups attached to an aromatic ring is 2. The predicted octanol–water partition coefficient (Wildman–Crippen LogP) is 1.52. The van der Waals surface area contributed by atoms with Gasteiger partial charge in [0, 0.05) is 11.6 Å². The zero-order valence-corrected chi connectivity index (χ0v) is 8.28. The fourth-order valence-corrected chi connectivity index (χ4v) is 1.01. The zero-order chi connectivity index (χ0) is 7.84. The minimum Gasteiger partial charge on any atom is -0.397 e. The van der Waals surface area contributed by atoms with Crippen LogP contribution in [0.3, 0.4) is 0 Å². The molecule has 0 amide bonds. The van der Waals surface area contributed by atoms with E-state index < -0.39 is 0 Å². The van der Waals surface area contributed by atoms with Gasteiger partial charge < -0.3 is 16.4 Å². The summed E-state index contributed by atoms with van der Waals surface area (Å²) in [6.07, 6.45) is 0. The van der Waals surface area contributed by atoms with Crippen molar-refractivity contribution in [3.05, 3.63) is 17.7 Å². The highest BCUT2D eigenvalue weighted by Gasteiger charge is 2.14. The third kappa shape index (κ3) is 2.09. The summed E-state index contributed by atoms with van der Waals surface area (Å²) in [5, 5.41) is 0. The minimum atomic E-state index is 0. The van der Waals surface area contributed by atoms with Crippen molar-refractivity contribution in [2.24, 2.45) is 0 Å². The van der Waals surface area contributed by atoms with Crippen molar-refractivity contribution in [1.29, 1.82) is 0 Å². The molecule has 6 heteroatoms. The SMILES string of the molecule is Cl.Cl.Nc1cc2c(cc1N)OOC2. The summed E-state index contributed by atoms with van der Waals surface area (Å²) < 4.78 is 0. The molecule has 0 saturated heterocycles. The molecule has 0 aromatic heterocycles. The lowest BCUT2D eigenvalue weighted by Crippen LogP contribution is -1.94. The van der Waals surface area contributed by atoms with Gasteiger partial charge in [-0.2, -0.15) is 4.89 Å². The Morgan fingerprint density at radius 1 is 1.08 bits per heavy atom. The van der Waals surface area contributed by atoms with Gasteiger partial charge in [-0.3, -0.25) is 0 Å². The van der Waals surface area contributed by atoms with E-state index in [-0.39, 0.29) is 24.8 Å². The quantitative estimate of drug-likeness (QED) is 0.518. The monoisotopic (exact) mass is 224 g/mol. The molecule has 0 aliphatic carbocycles. The summed E-state index contributed by atoms with van der Waals surface area (Å²) in [6, 6.07) is 3.43. The second-order valence-corrected chi connectivity index (χ2v) is 2.43. The molecule has 0 radical (unpaired) electrons. The highest BCUT2D eigenvalue weighted by atomic mass is 35.5. The maximum atomic E-state index is 5.56. The van der Waals surface area contributed by atoms with Crippen LogP contribution in [0.4, 0.5) is 11.4 Å². The van der Waals surface area contributed by atoms with Gasteiger partial charge in [0.25, 0.3) is 0 Å². The Morgan fingerprint density at radius 3 is 2.38 bits per heavy atom. The number of benzene rings is 1. The molecular weight excluding hydrogens is 215 g/mol. The first-order valence-corrected chi connectivity index (χ1v) is 3.25. The normalized spacial score (nSPS) is 12.0. The molecule has 1 aliphatic heterocycles. The van der Waals surface area contributed by atoms with Gasteiger partial charge in [0.2, 0.25) is 0 Å². The molecular formula is C7H10Cl2N2O2. The van der Waals surface area contributed by atoms with E-state index in [9.17, 15) is 0 Å². The van der Waals surface area contributed by atoms with Crippen LogP contribution >= 0.6 is 24.8 Å². The molecule has 1 aromatic rings. The number of anilines is 2. The van der Waals surface area contributed by atoms with Crippen LogP contribution in [0.15, 0.2) is 12.1 Å². The molecule has 13 heavy (non-hydrogen) atoms. The highest BCUT2D eigenvalue weighted by Crippen LogP contribution is 2.31. The van der Waals surface area contributed by atoms with Crippen LogP contribution in [0.2, 0.25) is 0 Å². The Balaban J connectivity index is 0.000000720. The van der Waals surface area contributed by atoms with E-state index in [0.29, 0.717) is 23.7 Å². The van der Waals surface area contributed by atoms with Crippen molar-refractivity contribution < 1.29 is 9.78 Å². The zero-order valence-electron chi connectivity index (χ0n) is 6.65. The average Bonchev–Trinajstić information content (AvgIpc) is 2.36. The second-order valence-electron chi connectivity index (χ2n) is 2.43. The van der Waals surface area contributed by atoms with Gasteiger partial charge in [0.15, 0.2) is 5.75 Å². The highest BCUT2D eigenvalue weighted by molar-refractivity contribution is 5.85. The first-order chi connectivity index (χ1) is 5.27. The third-order valence-corrected chi connectivity index (χ3v) is 1.63. The van der Waals surface area contributed by atoms with E-state index in [1.165, 1.54) is 0 Å². The van der Waals surface area contributed by atoms with E-state index >= 15 is 0 Å². The average molecular weight is 225 g/mol. The lowest BCUT2D eigenvalue weighted by molar-refractivity contribution is -0.194. The second kappa shape index (κ2) is 4.41. The fraction of sp³-hybridized carbons (Fsp3) is 0.143. The first-order valence-electron chi connectivity index (χ1n) is 3.25. The Hall–Kier alpha value is -0.840. The largest absolute Gasteiger partial charge is 0.397 e. The Bertz CT molecular complexity index is 278. The molecule has 4 N–H and O–H groups in total. The van der Waals surface area contributed by atoms with Crippen molar-refractivity contribution in [3.8, 4) is 5.75 Å². The molecule has 1 aliphatic rings. The number of nitrogens with two attached hydrogens (primary N) is 2. The maximum absolute atomic E-state index is 5.56. The molecule has 0 fully saturated rings. The Labute approximate surface area is 87.9 Å². The van der Waals surface area contributed by atoms with Crippen LogP contribution in [0.1, 0.15) is 5.56 Å². The third-order valence-electron chi connectivity index (χ3n) is 1.63. The lowest BCUT2D eigenvalue weighted by Gasteiger charge is -2.00. The number of fused-ring (bicyclic) bond motifs is 1. The number of hydrogen-bond acceptors (Lipinski definition) is 4. The van der Waals surface area contributed by atoms with Crippen molar-refractivity contribution in [2.75, 3.05) is 11.5 Å². The summed E-state index contributed by atoms with van der Waals surface area (Å²) in [5.74, 6) is 0.664. The van der Waals surface area contributed by atoms with Gasteiger partial charge in [-0.15, -0.1) is 24.8 Å². The topological polar surface area (TPSA) is 70.5 Å². The molecule has 0 spiro atoms. The Kier molecular flexibility index (Phi) is 4.13. The number of hydrogen-bond donors (Lipinski definition) is 2. The van der Waals surface area contributed by atoms with Gasteiger partial charge in [-0.25, -0.2) is 0 Å². The molecule has 4 nitrogen and oxygen atoms in total. The van der Waals surface area contributed by atoms with Crippen molar-refractivity contribution in [2.45, 2.75) is 6.61 Å². The van der Waals surface area contributed by atoms with Crippen LogP contribution in [0, 0.1) is 0 Å². The number of rotatable bonds is 0. The molecule has 2 rings (SSSR count). The van der Waals surface area contributed by atoms with Crippen molar-refractivity contribution >= 4 is 36.2 Å². The van der Waals surface area contributed by atoms with Crippen LogP contribution in [0.5, 0.6) is 5.75 Å². The van der Waals surface area contributed by atoms with Crippen molar-refractivity contribution in [1.82, 2.24) is 0 Å². The van der Waals surface area contributed by atoms with E-state index in [0.717, 1.165) is 5.56 Å². The lowest BCUT2D eigenvalue weighted by atomic mass is 10.1. The van der Waals surface area contributed by atoms with E-state index in [1.807, 2.05) is 0 Å². The smallest absolute Gasteiger partial charge is 0.173 e. The van der Waals surface area contributed by atoms with E-state index in [4.69, 9.17) is 21.2 Å². The molecule has 0 atom stereocenters. The van der Waals surface area contributed by atoms with Gasteiger partial charge in [-0.1, -0.05) is 0 Å². The van der Waals surface area contributed by atoms with Crippen LogP contribution in [-0.4, -0.2) is 0 Å². The standard InChI is InChI=1S/C7H8N2O2.2ClH/c8-5-1-4-3-10-11-7(4)2-6(5)9;;/h1-2H,3,8-9H2;2*1H. The fourth-order valence-electron chi connectivity index (χ4n) is 1.01. The Morgan fingerprint density at radius 2 is 1.69 bits per heavy atom. The van der Waals surface area contributed by atoms with Crippen LogP contribution < -0.4 is 16.4 Å². The number of halogens is 2. The molecule has 0 unspecified atom stereocenters. The van der Waals surface area contributed by atoms with Gasteiger partial charge in [0.1, 0.15) is 6.61 Å². The van der Waals surface area contributed by atoms with Gasteiger partial charge >= 0.3 is 0 Å². The van der Waals surface area contributed by atoms with Gasteiger partial charge in [-0.05, 0) is 6.07 Å². The summed E-state index contributed by atoms with van der Waals surface area (Å²) in [5.41, 5.74) is 13.1. The molecule has 1 heterocycles. The first kappa shape index (κ1) is 12.2.